The summed E-state index contributed by atoms with van der Waals surface area (Å²) >= 11 is 0. The summed E-state index contributed by atoms with van der Waals surface area (Å²) in [7, 11) is 3.17. The van der Waals surface area contributed by atoms with Gasteiger partial charge in [0.25, 0.3) is 11.5 Å². The average Bonchev–Trinajstić information content (AvgIpc) is 2.77. The second-order valence-electron chi connectivity index (χ2n) is 4.46. The van der Waals surface area contributed by atoms with Crippen LogP contribution in [-0.4, -0.2) is 22.5 Å². The van der Waals surface area contributed by atoms with Gasteiger partial charge < -0.3 is 14.9 Å². The number of nitrogens with zero attached hydrogens (tertiary/aromatic N) is 1. The fourth-order valence-corrected chi connectivity index (χ4v) is 2.37. The van der Waals surface area contributed by atoms with E-state index in [1.807, 2.05) is 24.3 Å². The van der Waals surface area contributed by atoms with Gasteiger partial charge >= 0.3 is 0 Å². The Hall–Kier alpha value is -2.56. The number of aromatic amines is 1. The van der Waals surface area contributed by atoms with Crippen molar-refractivity contribution in [2.75, 3.05) is 7.05 Å². The van der Waals surface area contributed by atoms with Gasteiger partial charge in [-0.3, -0.25) is 9.59 Å². The Kier molecular flexibility index (Phi) is 2.41. The van der Waals surface area contributed by atoms with Crippen molar-refractivity contribution in [3.8, 4) is 0 Å². The van der Waals surface area contributed by atoms with Gasteiger partial charge in [0, 0.05) is 36.6 Å². The third-order valence-electron chi connectivity index (χ3n) is 3.31. The molecule has 0 radical (unpaired) electrons. The normalized spacial score (nSPS) is 11.1. The van der Waals surface area contributed by atoms with Crippen molar-refractivity contribution in [2.24, 2.45) is 7.05 Å². The maximum atomic E-state index is 12.1. The zero-order valence-corrected chi connectivity index (χ0v) is 10.7. The summed E-state index contributed by atoms with van der Waals surface area (Å²) in [5.74, 6) is -0.377. The van der Waals surface area contributed by atoms with Crippen molar-refractivity contribution < 1.29 is 4.79 Å². The Labute approximate surface area is 108 Å². The minimum atomic E-state index is -0.377. The van der Waals surface area contributed by atoms with Gasteiger partial charge in [0.05, 0.1) is 5.52 Å². The Morgan fingerprint density at radius 2 is 2.00 bits per heavy atom. The van der Waals surface area contributed by atoms with Gasteiger partial charge in [-0.25, -0.2) is 0 Å². The molecule has 0 unspecified atom stereocenters. The van der Waals surface area contributed by atoms with E-state index in [2.05, 4.69) is 10.3 Å². The zero-order chi connectivity index (χ0) is 13.6. The summed E-state index contributed by atoms with van der Waals surface area (Å²) < 4.78 is 1.44. The first-order valence-electron chi connectivity index (χ1n) is 5.95. The minimum Gasteiger partial charge on any atom is -0.355 e. The molecule has 0 atom stereocenters. The van der Waals surface area contributed by atoms with Crippen molar-refractivity contribution in [2.45, 2.75) is 0 Å². The molecule has 0 aliphatic rings. The predicted molar refractivity (Wildman–Crippen MR) is 74.4 cm³/mol. The molecule has 0 aliphatic carbocycles. The third-order valence-corrected chi connectivity index (χ3v) is 3.31. The van der Waals surface area contributed by atoms with Gasteiger partial charge in [-0.1, -0.05) is 18.2 Å². The number of aromatic nitrogens is 2. The van der Waals surface area contributed by atoms with Gasteiger partial charge in [-0.15, -0.1) is 0 Å². The van der Waals surface area contributed by atoms with Crippen LogP contribution in [0.1, 0.15) is 10.4 Å². The summed E-state index contributed by atoms with van der Waals surface area (Å²) in [6.45, 7) is 0. The van der Waals surface area contributed by atoms with Crippen LogP contribution >= 0.6 is 0 Å². The fourth-order valence-electron chi connectivity index (χ4n) is 2.37. The van der Waals surface area contributed by atoms with Crippen LogP contribution in [-0.2, 0) is 7.05 Å². The third kappa shape index (κ3) is 1.55. The van der Waals surface area contributed by atoms with E-state index in [0.717, 1.165) is 16.3 Å². The lowest BCUT2D eigenvalue weighted by Crippen LogP contribution is -2.30. The molecule has 0 saturated carbocycles. The first kappa shape index (κ1) is 11.5. The molecule has 2 heterocycles. The quantitative estimate of drug-likeness (QED) is 0.690. The van der Waals surface area contributed by atoms with Crippen molar-refractivity contribution in [1.29, 1.82) is 0 Å². The molecule has 5 nitrogen and oxygen atoms in total. The summed E-state index contributed by atoms with van der Waals surface area (Å²) in [5, 5.41) is 4.38. The summed E-state index contributed by atoms with van der Waals surface area (Å²) in [6.07, 6.45) is 1.75. The molecule has 19 heavy (non-hydrogen) atoms. The molecule has 0 saturated heterocycles. The Bertz CT molecular complexity index is 858. The number of benzene rings is 1. The van der Waals surface area contributed by atoms with E-state index < -0.39 is 0 Å². The van der Waals surface area contributed by atoms with Crippen molar-refractivity contribution in [3.05, 3.63) is 46.4 Å². The molecule has 1 amide bonds. The van der Waals surface area contributed by atoms with Gasteiger partial charge in [0.15, 0.2) is 0 Å². The van der Waals surface area contributed by atoms with Crippen LogP contribution < -0.4 is 10.9 Å². The number of carbonyl (C=O) groups is 1. The lowest BCUT2D eigenvalue weighted by Gasteiger charge is -2.04. The fraction of sp³-hybridized carbons (Fsp3) is 0.143. The predicted octanol–water partition coefficient (Wildman–Crippen LogP) is 1.38. The van der Waals surface area contributed by atoms with E-state index in [9.17, 15) is 9.59 Å². The van der Waals surface area contributed by atoms with E-state index in [0.29, 0.717) is 5.52 Å². The molecule has 96 valence electrons. The van der Waals surface area contributed by atoms with Gasteiger partial charge in [-0.05, 0) is 6.07 Å². The average molecular weight is 255 g/mol. The highest BCUT2D eigenvalue weighted by Gasteiger charge is 2.18. The van der Waals surface area contributed by atoms with E-state index in [-0.39, 0.29) is 17.0 Å². The summed E-state index contributed by atoms with van der Waals surface area (Å²) in [4.78, 5) is 27.2. The summed E-state index contributed by atoms with van der Waals surface area (Å²) in [6, 6.07) is 7.73. The van der Waals surface area contributed by atoms with E-state index in [1.165, 1.54) is 11.6 Å². The minimum absolute atomic E-state index is 0.152. The van der Waals surface area contributed by atoms with Crippen LogP contribution in [0.3, 0.4) is 0 Å². The number of fused-ring (bicyclic) bond motifs is 3. The molecule has 0 bridgehead atoms. The topological polar surface area (TPSA) is 66.9 Å². The number of nitrogens with one attached hydrogen (secondary N) is 2. The summed E-state index contributed by atoms with van der Waals surface area (Å²) in [5.41, 5.74) is 1.34. The van der Waals surface area contributed by atoms with Gasteiger partial charge in [0.1, 0.15) is 5.56 Å². The van der Waals surface area contributed by atoms with Gasteiger partial charge in [0.2, 0.25) is 0 Å². The van der Waals surface area contributed by atoms with E-state index in [1.54, 1.807) is 13.2 Å². The largest absolute Gasteiger partial charge is 0.355 e. The van der Waals surface area contributed by atoms with Crippen LogP contribution in [0, 0.1) is 0 Å². The van der Waals surface area contributed by atoms with Crippen LogP contribution in [0.25, 0.3) is 21.8 Å². The standard InChI is InChI=1S/C14H13N3O2/c1-15-13(18)11-12-9(7-17(2)14(11)19)8-5-3-4-6-10(8)16-12/h3-7,16H,1-2H3,(H,15,18). The second kappa shape index (κ2) is 3.98. The number of H-pyrrole nitrogens is 1. The second-order valence-corrected chi connectivity index (χ2v) is 4.46. The Balaban J connectivity index is 2.56. The van der Waals surface area contributed by atoms with Crippen LogP contribution in [0.15, 0.2) is 35.3 Å². The van der Waals surface area contributed by atoms with Gasteiger partial charge in [-0.2, -0.15) is 0 Å². The van der Waals surface area contributed by atoms with Crippen molar-refractivity contribution in [3.63, 3.8) is 0 Å². The van der Waals surface area contributed by atoms with Crippen LogP contribution in [0.4, 0.5) is 0 Å². The smallest absolute Gasteiger partial charge is 0.265 e. The van der Waals surface area contributed by atoms with E-state index in [4.69, 9.17) is 0 Å². The molecular formula is C14H13N3O2. The van der Waals surface area contributed by atoms with Crippen molar-refractivity contribution >= 4 is 27.7 Å². The molecule has 5 heteroatoms. The van der Waals surface area contributed by atoms with Crippen molar-refractivity contribution in [1.82, 2.24) is 14.9 Å². The number of hydrogen-bond donors (Lipinski definition) is 2. The number of aryl methyl sites for hydroxylation is 1. The maximum absolute atomic E-state index is 12.1. The zero-order valence-electron chi connectivity index (χ0n) is 10.7. The Morgan fingerprint density at radius 1 is 1.26 bits per heavy atom. The lowest BCUT2D eigenvalue weighted by molar-refractivity contribution is 0.0962. The first-order valence-corrected chi connectivity index (χ1v) is 5.95. The molecule has 2 aromatic heterocycles. The first-order chi connectivity index (χ1) is 9.13. The Morgan fingerprint density at radius 3 is 2.74 bits per heavy atom. The molecular weight excluding hydrogens is 242 g/mol. The molecule has 0 fully saturated rings. The highest BCUT2D eigenvalue weighted by molar-refractivity contribution is 6.14. The number of hydrogen-bond acceptors (Lipinski definition) is 2. The number of rotatable bonds is 1. The highest BCUT2D eigenvalue weighted by Crippen LogP contribution is 2.25. The number of carbonyl (C=O) groups excluding carboxylic acids is 1. The SMILES string of the molecule is CNC(=O)c1c(=O)n(C)cc2c1[nH]c1ccccc12. The maximum Gasteiger partial charge on any atom is 0.265 e. The molecule has 3 rings (SSSR count). The van der Waals surface area contributed by atoms with Crippen LogP contribution in [0.5, 0.6) is 0 Å². The number of amides is 1. The monoisotopic (exact) mass is 255 g/mol. The molecule has 2 N–H and O–H groups in total. The molecule has 3 aromatic rings. The molecule has 0 aliphatic heterocycles. The highest BCUT2D eigenvalue weighted by atomic mass is 16.2. The van der Waals surface area contributed by atoms with Crippen LogP contribution in [0.2, 0.25) is 0 Å². The molecule has 0 spiro atoms. The lowest BCUT2D eigenvalue weighted by atomic mass is 10.1. The van der Waals surface area contributed by atoms with E-state index >= 15 is 0 Å². The number of para-hydroxylation sites is 1. The number of pyridine rings is 1. The molecule has 1 aromatic carbocycles.